The lowest BCUT2D eigenvalue weighted by Gasteiger charge is -2.34. The second-order valence-corrected chi connectivity index (χ2v) is 3.16. The molecule has 4 atom stereocenters. The van der Waals surface area contributed by atoms with Gasteiger partial charge in [-0.25, -0.2) is 4.68 Å². The minimum atomic E-state index is -1.29. The van der Waals surface area contributed by atoms with Crippen molar-refractivity contribution in [3.63, 3.8) is 0 Å². The summed E-state index contributed by atoms with van der Waals surface area (Å²) in [5.74, 6) is 0. The fourth-order valence-electron chi connectivity index (χ4n) is 1.58. The highest BCUT2D eigenvalue weighted by atomic mass is 16.5. The zero-order chi connectivity index (χ0) is 10.3. The minimum absolute atomic E-state index is 0.328. The van der Waals surface area contributed by atoms with Gasteiger partial charge in [0.15, 0.2) is 6.23 Å². The first-order valence-electron chi connectivity index (χ1n) is 4.14. The van der Waals surface area contributed by atoms with Crippen molar-refractivity contribution in [2.75, 3.05) is 7.11 Å². The van der Waals surface area contributed by atoms with Crippen molar-refractivity contribution in [3.05, 3.63) is 11.9 Å². The highest BCUT2D eigenvalue weighted by molar-refractivity contribution is 5.08. The molecule has 1 aromatic heterocycles. The van der Waals surface area contributed by atoms with Gasteiger partial charge in [0.05, 0.1) is 11.9 Å². The van der Waals surface area contributed by atoms with Crippen LogP contribution in [0.3, 0.4) is 0 Å². The number of aliphatic hydroxyl groups is 3. The molecule has 0 aliphatic carbocycles. The maximum atomic E-state index is 9.55. The first-order chi connectivity index (χ1) is 6.66. The van der Waals surface area contributed by atoms with E-state index < -0.39 is 24.5 Å². The molecule has 0 unspecified atom stereocenters. The summed E-state index contributed by atoms with van der Waals surface area (Å²) in [6.45, 7) is 0. The molecule has 2 heterocycles. The lowest BCUT2D eigenvalue weighted by atomic mass is 10.0. The summed E-state index contributed by atoms with van der Waals surface area (Å²) < 4.78 is 6.20. The van der Waals surface area contributed by atoms with Gasteiger partial charge in [0.2, 0.25) is 0 Å². The van der Waals surface area contributed by atoms with Gasteiger partial charge in [-0.05, 0) is 0 Å². The molecule has 1 aliphatic heterocycles. The molecule has 3 N–H and O–H groups in total. The zero-order valence-corrected chi connectivity index (χ0v) is 7.48. The Morgan fingerprint density at radius 1 is 1.36 bits per heavy atom. The van der Waals surface area contributed by atoms with Gasteiger partial charge in [0.1, 0.15) is 18.3 Å². The van der Waals surface area contributed by atoms with Crippen molar-refractivity contribution < 1.29 is 20.1 Å². The lowest BCUT2D eigenvalue weighted by molar-refractivity contribution is -0.166. The van der Waals surface area contributed by atoms with Gasteiger partial charge in [-0.2, -0.15) is 0 Å². The lowest BCUT2D eigenvalue weighted by Crippen LogP contribution is -2.45. The van der Waals surface area contributed by atoms with E-state index in [1.165, 1.54) is 18.0 Å². The number of nitrogens with zero attached hydrogens (tertiary/aromatic N) is 3. The maximum absolute atomic E-state index is 9.55. The van der Waals surface area contributed by atoms with Gasteiger partial charge in [-0.1, -0.05) is 5.21 Å². The van der Waals surface area contributed by atoms with Crippen LogP contribution in [0.1, 0.15) is 18.0 Å². The van der Waals surface area contributed by atoms with Crippen LogP contribution in [0.4, 0.5) is 0 Å². The number of rotatable bonds is 1. The Morgan fingerprint density at radius 3 is 2.71 bits per heavy atom. The van der Waals surface area contributed by atoms with Crippen LogP contribution >= 0.6 is 0 Å². The number of hydrogen-bond donors (Lipinski definition) is 3. The third-order valence-electron chi connectivity index (χ3n) is 2.35. The zero-order valence-electron chi connectivity index (χ0n) is 7.48. The molecule has 1 aromatic rings. The van der Waals surface area contributed by atoms with E-state index in [9.17, 15) is 15.3 Å². The number of aromatic nitrogens is 3. The van der Waals surface area contributed by atoms with Crippen molar-refractivity contribution in [1.29, 1.82) is 0 Å². The van der Waals surface area contributed by atoms with Crippen LogP contribution in [0.25, 0.3) is 0 Å². The second-order valence-electron chi connectivity index (χ2n) is 3.16. The number of aliphatic hydroxyl groups excluding tert-OH is 3. The summed E-state index contributed by atoms with van der Waals surface area (Å²) in [6.07, 6.45) is -3.18. The Balaban J connectivity index is 2.44. The first kappa shape index (κ1) is 9.53. The summed E-state index contributed by atoms with van der Waals surface area (Å²) in [5, 5.41) is 35.8. The van der Waals surface area contributed by atoms with E-state index in [4.69, 9.17) is 4.74 Å². The van der Waals surface area contributed by atoms with Gasteiger partial charge < -0.3 is 20.1 Å². The molecule has 0 radical (unpaired) electrons. The van der Waals surface area contributed by atoms with Crippen LogP contribution in [0, 0.1) is 0 Å². The monoisotopic (exact) mass is 201 g/mol. The minimum Gasteiger partial charge on any atom is -0.387 e. The van der Waals surface area contributed by atoms with Crippen LogP contribution in [0.2, 0.25) is 0 Å². The van der Waals surface area contributed by atoms with Crippen LogP contribution in [-0.4, -0.2) is 49.6 Å². The molecule has 14 heavy (non-hydrogen) atoms. The molecule has 2 rings (SSSR count). The van der Waals surface area contributed by atoms with Gasteiger partial charge in [0, 0.05) is 7.11 Å². The van der Waals surface area contributed by atoms with Gasteiger partial charge in [-0.3, -0.25) is 0 Å². The molecular formula is C7H11N3O4. The Labute approximate surface area is 79.5 Å². The Kier molecular flexibility index (Phi) is 2.23. The van der Waals surface area contributed by atoms with Crippen molar-refractivity contribution >= 4 is 0 Å². The third-order valence-corrected chi connectivity index (χ3v) is 2.35. The molecule has 0 amide bonds. The highest BCUT2D eigenvalue weighted by Crippen LogP contribution is 2.31. The molecule has 0 fully saturated rings. The predicted octanol–water partition coefficient (Wildman–Crippen LogP) is -1.81. The SMILES string of the molecule is CO[C@@H]1[C@@H](O)[C@@H](O)[C@H](O)c2cnnn21. The average molecular weight is 201 g/mol. The number of fused-ring (bicyclic) bond motifs is 1. The Morgan fingerprint density at radius 2 is 2.07 bits per heavy atom. The van der Waals surface area contributed by atoms with E-state index in [1.807, 2.05) is 0 Å². The van der Waals surface area contributed by atoms with Crippen molar-refractivity contribution in [3.8, 4) is 0 Å². The molecule has 0 bridgehead atoms. The van der Waals surface area contributed by atoms with Crippen molar-refractivity contribution in [2.45, 2.75) is 24.5 Å². The fourth-order valence-corrected chi connectivity index (χ4v) is 1.58. The van der Waals surface area contributed by atoms with Gasteiger partial charge in [-0.15, -0.1) is 5.10 Å². The van der Waals surface area contributed by atoms with E-state index in [0.717, 1.165) is 0 Å². The quantitative estimate of drug-likeness (QED) is 0.495. The van der Waals surface area contributed by atoms with E-state index >= 15 is 0 Å². The molecule has 0 saturated carbocycles. The standard InChI is InChI=1S/C7H11N3O4/c1-14-7-6(13)5(12)4(11)3-2-8-9-10(3)7/h2,4-7,11-13H,1H3/t4-,5+,6+,7-/m1/s1. The van der Waals surface area contributed by atoms with Crippen LogP contribution in [0.15, 0.2) is 6.20 Å². The van der Waals surface area contributed by atoms with Crippen molar-refractivity contribution in [1.82, 2.24) is 15.0 Å². The summed E-state index contributed by atoms with van der Waals surface area (Å²) in [4.78, 5) is 0. The highest BCUT2D eigenvalue weighted by Gasteiger charge is 2.41. The van der Waals surface area contributed by atoms with Crippen LogP contribution in [-0.2, 0) is 4.74 Å². The number of hydrogen-bond acceptors (Lipinski definition) is 6. The Hall–Kier alpha value is -1.02. The maximum Gasteiger partial charge on any atom is 0.180 e. The third kappa shape index (κ3) is 1.14. The molecule has 7 heteroatoms. The second kappa shape index (κ2) is 3.28. The van der Waals surface area contributed by atoms with E-state index in [0.29, 0.717) is 5.69 Å². The molecule has 0 spiro atoms. The number of methoxy groups -OCH3 is 1. The molecule has 0 saturated heterocycles. The molecular weight excluding hydrogens is 190 g/mol. The first-order valence-corrected chi connectivity index (χ1v) is 4.14. The summed E-state index contributed by atoms with van der Waals surface area (Å²) >= 11 is 0. The van der Waals surface area contributed by atoms with Crippen LogP contribution in [0.5, 0.6) is 0 Å². The predicted molar refractivity (Wildman–Crippen MR) is 43.0 cm³/mol. The largest absolute Gasteiger partial charge is 0.387 e. The summed E-state index contributed by atoms with van der Waals surface area (Å²) in [5.41, 5.74) is 0.328. The topological polar surface area (TPSA) is 101 Å². The average Bonchev–Trinajstić information content (AvgIpc) is 2.64. The van der Waals surface area contributed by atoms with Gasteiger partial charge in [0.25, 0.3) is 0 Å². The fraction of sp³-hybridized carbons (Fsp3) is 0.714. The van der Waals surface area contributed by atoms with Crippen LogP contribution < -0.4 is 0 Å². The molecule has 1 aliphatic rings. The number of ether oxygens (including phenoxy) is 1. The normalized spacial score (nSPS) is 36.9. The molecule has 0 aromatic carbocycles. The summed E-state index contributed by atoms with van der Waals surface area (Å²) in [7, 11) is 1.38. The van der Waals surface area contributed by atoms with E-state index in [1.54, 1.807) is 0 Å². The van der Waals surface area contributed by atoms with E-state index in [-0.39, 0.29) is 0 Å². The molecule has 7 nitrogen and oxygen atoms in total. The van der Waals surface area contributed by atoms with E-state index in [2.05, 4.69) is 10.3 Å². The van der Waals surface area contributed by atoms with Crippen molar-refractivity contribution in [2.24, 2.45) is 0 Å². The Bertz CT molecular complexity index is 328. The summed E-state index contributed by atoms with van der Waals surface area (Å²) in [6, 6.07) is 0. The molecule has 78 valence electrons. The smallest absolute Gasteiger partial charge is 0.180 e. The van der Waals surface area contributed by atoms with Gasteiger partial charge >= 0.3 is 0 Å².